The Morgan fingerprint density at radius 1 is 1.33 bits per heavy atom. The molecule has 0 bridgehead atoms. The fourth-order valence-electron chi connectivity index (χ4n) is 3.87. The highest BCUT2D eigenvalue weighted by Gasteiger charge is 2.30. The number of nitrogens with zero attached hydrogens (tertiary/aromatic N) is 1. The topological polar surface area (TPSA) is 15.3 Å². The highest BCUT2D eigenvalue weighted by Crippen LogP contribution is 2.33. The van der Waals surface area contributed by atoms with Gasteiger partial charge in [0.25, 0.3) is 0 Å². The van der Waals surface area contributed by atoms with Crippen LogP contribution < -0.4 is 5.32 Å². The maximum Gasteiger partial charge on any atom is 0.0327 e. The molecule has 0 radical (unpaired) electrons. The first kappa shape index (κ1) is 17.0. The van der Waals surface area contributed by atoms with Gasteiger partial charge in [-0.2, -0.15) is 0 Å². The second-order valence-corrected chi connectivity index (χ2v) is 7.56. The maximum absolute atomic E-state index is 3.58. The first-order chi connectivity index (χ1) is 10.3. The fourth-order valence-corrected chi connectivity index (χ4v) is 4.62. The summed E-state index contributed by atoms with van der Waals surface area (Å²) in [6.45, 7) is 8.16. The molecule has 1 aromatic rings. The van der Waals surface area contributed by atoms with E-state index in [0.717, 1.165) is 31.0 Å². The summed E-state index contributed by atoms with van der Waals surface area (Å²) in [5.41, 5.74) is 0. The van der Waals surface area contributed by atoms with Crippen LogP contribution in [0.3, 0.4) is 0 Å². The zero-order valence-corrected chi connectivity index (χ0v) is 14.8. The summed E-state index contributed by atoms with van der Waals surface area (Å²) in [4.78, 5) is 4.13. The van der Waals surface area contributed by atoms with Crippen molar-refractivity contribution in [3.05, 3.63) is 22.4 Å². The van der Waals surface area contributed by atoms with E-state index >= 15 is 0 Å². The van der Waals surface area contributed by atoms with E-state index in [1.165, 1.54) is 43.5 Å². The predicted octanol–water partition coefficient (Wildman–Crippen LogP) is 4.37. The molecule has 0 aromatic carbocycles. The molecule has 2 rings (SSSR count). The van der Waals surface area contributed by atoms with Crippen molar-refractivity contribution in [3.8, 4) is 0 Å². The lowest BCUT2D eigenvalue weighted by molar-refractivity contribution is 0.139. The van der Waals surface area contributed by atoms with Crippen LogP contribution in [0.25, 0.3) is 0 Å². The van der Waals surface area contributed by atoms with Crippen molar-refractivity contribution in [1.29, 1.82) is 0 Å². The number of hydrogen-bond donors (Lipinski definition) is 1. The molecule has 1 heterocycles. The van der Waals surface area contributed by atoms with Crippen LogP contribution in [0.15, 0.2) is 17.5 Å². The van der Waals surface area contributed by atoms with Gasteiger partial charge < -0.3 is 5.32 Å². The Labute approximate surface area is 134 Å². The van der Waals surface area contributed by atoms with Crippen molar-refractivity contribution in [3.63, 3.8) is 0 Å². The molecule has 120 valence electrons. The molecule has 3 unspecified atom stereocenters. The lowest BCUT2D eigenvalue weighted by Gasteiger charge is -2.38. The minimum atomic E-state index is 0.718. The van der Waals surface area contributed by atoms with E-state index in [1.807, 2.05) is 11.3 Å². The van der Waals surface area contributed by atoms with Crippen molar-refractivity contribution in [1.82, 2.24) is 10.2 Å². The molecule has 1 fully saturated rings. The number of nitrogens with one attached hydrogen (secondary N) is 1. The molecule has 1 aliphatic rings. The van der Waals surface area contributed by atoms with Crippen molar-refractivity contribution >= 4 is 11.3 Å². The van der Waals surface area contributed by atoms with E-state index in [4.69, 9.17) is 0 Å². The summed E-state index contributed by atoms with van der Waals surface area (Å²) in [5, 5.41) is 5.77. The molecule has 0 spiro atoms. The van der Waals surface area contributed by atoms with Crippen LogP contribution >= 0.6 is 11.3 Å². The lowest BCUT2D eigenvalue weighted by Crippen LogP contribution is -2.44. The second kappa shape index (κ2) is 8.92. The second-order valence-electron chi connectivity index (χ2n) is 6.53. The van der Waals surface area contributed by atoms with Gasteiger partial charge in [-0.3, -0.25) is 4.90 Å². The van der Waals surface area contributed by atoms with E-state index in [1.54, 1.807) is 0 Å². The zero-order valence-electron chi connectivity index (χ0n) is 14.0. The van der Waals surface area contributed by atoms with E-state index in [9.17, 15) is 0 Å². The van der Waals surface area contributed by atoms with Crippen LogP contribution in [0.2, 0.25) is 0 Å². The van der Waals surface area contributed by atoms with Gasteiger partial charge in [0.1, 0.15) is 0 Å². The summed E-state index contributed by atoms with van der Waals surface area (Å²) in [6, 6.07) is 5.15. The lowest BCUT2D eigenvalue weighted by atomic mass is 9.76. The minimum Gasteiger partial charge on any atom is -0.317 e. The minimum absolute atomic E-state index is 0.718. The first-order valence-electron chi connectivity index (χ1n) is 8.68. The van der Waals surface area contributed by atoms with E-state index < -0.39 is 0 Å². The summed E-state index contributed by atoms with van der Waals surface area (Å²) in [7, 11) is 2.15. The quantitative estimate of drug-likeness (QED) is 0.767. The van der Waals surface area contributed by atoms with E-state index in [2.05, 4.69) is 48.6 Å². The van der Waals surface area contributed by atoms with Crippen LogP contribution in [0.5, 0.6) is 0 Å². The van der Waals surface area contributed by atoms with Gasteiger partial charge in [-0.05, 0) is 56.1 Å². The molecule has 21 heavy (non-hydrogen) atoms. The monoisotopic (exact) mass is 308 g/mol. The van der Waals surface area contributed by atoms with Gasteiger partial charge in [-0.25, -0.2) is 0 Å². The highest BCUT2D eigenvalue weighted by molar-refractivity contribution is 7.09. The molecule has 3 atom stereocenters. The zero-order chi connectivity index (χ0) is 15.1. The van der Waals surface area contributed by atoms with Crippen LogP contribution in [0.1, 0.15) is 50.8 Å². The number of rotatable bonds is 8. The Balaban J connectivity index is 1.92. The molecule has 0 amide bonds. The Hall–Kier alpha value is -0.380. The third-order valence-corrected chi connectivity index (χ3v) is 5.92. The van der Waals surface area contributed by atoms with E-state index in [0.29, 0.717) is 0 Å². The largest absolute Gasteiger partial charge is 0.317 e. The fraction of sp³-hybridized carbons (Fsp3) is 0.778. The summed E-state index contributed by atoms with van der Waals surface area (Å²) in [5.74, 6) is 1.78. The SMILES string of the molecule is CCCC1CCC(NC)C(CN(CC)Cc2cccs2)C1. The Morgan fingerprint density at radius 3 is 2.81 bits per heavy atom. The van der Waals surface area contributed by atoms with Crippen LogP contribution in [0.4, 0.5) is 0 Å². The molecule has 0 aliphatic heterocycles. The average Bonchev–Trinajstić information content (AvgIpc) is 3.00. The smallest absolute Gasteiger partial charge is 0.0327 e. The number of thiophene rings is 1. The molecular weight excluding hydrogens is 276 g/mol. The van der Waals surface area contributed by atoms with Crippen LogP contribution in [-0.4, -0.2) is 31.1 Å². The molecule has 1 N–H and O–H groups in total. The molecular formula is C18H32N2S. The Morgan fingerprint density at radius 2 is 2.19 bits per heavy atom. The third-order valence-electron chi connectivity index (χ3n) is 5.06. The molecule has 1 aliphatic carbocycles. The molecule has 1 aromatic heterocycles. The first-order valence-corrected chi connectivity index (χ1v) is 9.56. The van der Waals surface area contributed by atoms with Gasteiger partial charge in [-0.15, -0.1) is 11.3 Å². The highest BCUT2D eigenvalue weighted by atomic mass is 32.1. The Bertz CT molecular complexity index is 377. The average molecular weight is 309 g/mol. The predicted molar refractivity (Wildman–Crippen MR) is 93.9 cm³/mol. The maximum atomic E-state index is 3.58. The normalized spacial score (nSPS) is 26.4. The molecule has 2 nitrogen and oxygen atoms in total. The summed E-state index contributed by atoms with van der Waals surface area (Å²) >= 11 is 1.89. The molecule has 0 saturated heterocycles. The van der Waals surface area contributed by atoms with Crippen molar-refractivity contribution in [2.24, 2.45) is 11.8 Å². The standard InChI is InChI=1S/C18H32N2S/c1-4-7-15-9-10-18(19-3)16(12-15)13-20(5-2)14-17-8-6-11-21-17/h6,8,11,15-16,18-19H,4-5,7,9-10,12-14H2,1-3H3. The van der Waals surface area contributed by atoms with Crippen LogP contribution in [0, 0.1) is 11.8 Å². The van der Waals surface area contributed by atoms with Gasteiger partial charge in [0.2, 0.25) is 0 Å². The van der Waals surface area contributed by atoms with Crippen LogP contribution in [-0.2, 0) is 6.54 Å². The van der Waals surface area contributed by atoms with Gasteiger partial charge in [0.05, 0.1) is 0 Å². The van der Waals surface area contributed by atoms with Crippen molar-refractivity contribution in [2.45, 2.75) is 58.5 Å². The third kappa shape index (κ3) is 5.08. The summed E-state index contributed by atoms with van der Waals surface area (Å²) < 4.78 is 0. The molecule has 1 saturated carbocycles. The molecule has 3 heteroatoms. The van der Waals surface area contributed by atoms with E-state index in [-0.39, 0.29) is 0 Å². The van der Waals surface area contributed by atoms with Crippen molar-refractivity contribution in [2.75, 3.05) is 20.1 Å². The van der Waals surface area contributed by atoms with Gasteiger partial charge in [0, 0.05) is 24.0 Å². The summed E-state index contributed by atoms with van der Waals surface area (Å²) in [6.07, 6.45) is 6.97. The van der Waals surface area contributed by atoms with Gasteiger partial charge in [-0.1, -0.05) is 32.8 Å². The van der Waals surface area contributed by atoms with Crippen molar-refractivity contribution < 1.29 is 0 Å². The van der Waals surface area contributed by atoms with Gasteiger partial charge in [0.15, 0.2) is 0 Å². The number of hydrogen-bond acceptors (Lipinski definition) is 3. The van der Waals surface area contributed by atoms with Gasteiger partial charge >= 0.3 is 0 Å². The Kier molecular flexibility index (Phi) is 7.21.